The minimum atomic E-state index is -0.0476. The van der Waals surface area contributed by atoms with Crippen molar-refractivity contribution in [3.63, 3.8) is 0 Å². The van der Waals surface area contributed by atoms with Gasteiger partial charge in [0, 0.05) is 6.54 Å². The van der Waals surface area contributed by atoms with Gasteiger partial charge in [-0.1, -0.05) is 18.2 Å². The zero-order valence-corrected chi connectivity index (χ0v) is 8.60. The van der Waals surface area contributed by atoms with Crippen LogP contribution >= 0.6 is 0 Å². The van der Waals surface area contributed by atoms with Crippen LogP contribution < -0.4 is 5.56 Å². The molecule has 1 heterocycles. The van der Waals surface area contributed by atoms with E-state index in [1.807, 2.05) is 24.3 Å². The molecule has 0 saturated carbocycles. The zero-order valence-electron chi connectivity index (χ0n) is 8.60. The first-order valence-corrected chi connectivity index (χ1v) is 4.81. The predicted molar refractivity (Wildman–Crippen MR) is 60.9 cm³/mol. The molecule has 0 aliphatic rings. The number of benzene rings is 1. The van der Waals surface area contributed by atoms with Gasteiger partial charge >= 0.3 is 0 Å². The molecule has 1 aromatic carbocycles. The van der Waals surface area contributed by atoms with Crippen LogP contribution in [0.25, 0.3) is 11.0 Å². The molecular weight excluding hydrogens is 188 g/mol. The van der Waals surface area contributed by atoms with E-state index in [9.17, 15) is 4.79 Å². The third-order valence-electron chi connectivity index (χ3n) is 2.33. The Morgan fingerprint density at radius 2 is 2.20 bits per heavy atom. The molecule has 0 radical (unpaired) electrons. The Bertz CT molecular complexity index is 569. The quantitative estimate of drug-likeness (QED) is 0.694. The van der Waals surface area contributed by atoms with E-state index in [-0.39, 0.29) is 5.56 Å². The van der Waals surface area contributed by atoms with Gasteiger partial charge in [-0.3, -0.25) is 4.79 Å². The van der Waals surface area contributed by atoms with E-state index in [0.29, 0.717) is 12.2 Å². The Morgan fingerprint density at radius 3 is 2.93 bits per heavy atom. The van der Waals surface area contributed by atoms with E-state index in [4.69, 9.17) is 0 Å². The lowest BCUT2D eigenvalue weighted by Crippen LogP contribution is -2.23. The summed E-state index contributed by atoms with van der Waals surface area (Å²) in [5, 5.41) is 0. The van der Waals surface area contributed by atoms with E-state index in [2.05, 4.69) is 11.6 Å². The number of hydrogen-bond acceptors (Lipinski definition) is 2. The van der Waals surface area contributed by atoms with Crippen molar-refractivity contribution in [3.8, 4) is 0 Å². The topological polar surface area (TPSA) is 34.9 Å². The van der Waals surface area contributed by atoms with Gasteiger partial charge in [0.25, 0.3) is 5.56 Å². The highest BCUT2D eigenvalue weighted by Crippen LogP contribution is 2.09. The van der Waals surface area contributed by atoms with Crippen LogP contribution in [-0.4, -0.2) is 9.55 Å². The third-order valence-corrected chi connectivity index (χ3v) is 2.33. The number of nitrogens with zero attached hydrogens (tertiary/aromatic N) is 2. The molecule has 1 aromatic heterocycles. The van der Waals surface area contributed by atoms with Crippen molar-refractivity contribution in [2.45, 2.75) is 13.5 Å². The molecule has 2 aromatic rings. The second kappa shape index (κ2) is 3.69. The van der Waals surface area contributed by atoms with Crippen LogP contribution in [0.3, 0.4) is 0 Å². The molecule has 0 atom stereocenters. The van der Waals surface area contributed by atoms with Gasteiger partial charge in [0.2, 0.25) is 0 Å². The molecule has 0 amide bonds. The summed E-state index contributed by atoms with van der Waals surface area (Å²) in [6, 6.07) is 7.61. The van der Waals surface area contributed by atoms with Gasteiger partial charge in [-0.25, -0.2) is 4.98 Å². The molecule has 15 heavy (non-hydrogen) atoms. The molecular formula is C12H12N2O. The summed E-state index contributed by atoms with van der Waals surface area (Å²) >= 11 is 0. The average Bonchev–Trinajstić information content (AvgIpc) is 2.25. The van der Waals surface area contributed by atoms with E-state index in [0.717, 1.165) is 11.0 Å². The second-order valence-electron chi connectivity index (χ2n) is 3.39. The summed E-state index contributed by atoms with van der Waals surface area (Å²) in [5.74, 6) is 0. The number of aryl methyl sites for hydroxylation is 1. The van der Waals surface area contributed by atoms with Crippen molar-refractivity contribution in [1.29, 1.82) is 0 Å². The fourth-order valence-electron chi connectivity index (χ4n) is 1.63. The summed E-state index contributed by atoms with van der Waals surface area (Å²) in [7, 11) is 0. The van der Waals surface area contributed by atoms with E-state index < -0.39 is 0 Å². The molecule has 3 heteroatoms. The van der Waals surface area contributed by atoms with Crippen molar-refractivity contribution in [2.75, 3.05) is 0 Å². The molecule has 0 bridgehead atoms. The predicted octanol–water partition coefficient (Wildman–Crippen LogP) is 1.89. The highest BCUT2D eigenvalue weighted by Gasteiger charge is 2.05. The van der Waals surface area contributed by atoms with E-state index >= 15 is 0 Å². The lowest BCUT2D eigenvalue weighted by atomic mass is 10.3. The fraction of sp³-hybridized carbons (Fsp3) is 0.167. The monoisotopic (exact) mass is 200 g/mol. The first-order chi connectivity index (χ1) is 7.24. The lowest BCUT2D eigenvalue weighted by molar-refractivity contribution is 0.797. The normalized spacial score (nSPS) is 10.5. The van der Waals surface area contributed by atoms with Crippen molar-refractivity contribution < 1.29 is 0 Å². The highest BCUT2D eigenvalue weighted by atomic mass is 16.1. The van der Waals surface area contributed by atoms with Crippen LogP contribution in [0.5, 0.6) is 0 Å². The first-order valence-electron chi connectivity index (χ1n) is 4.81. The van der Waals surface area contributed by atoms with Crippen LogP contribution in [0.4, 0.5) is 0 Å². The summed E-state index contributed by atoms with van der Waals surface area (Å²) in [5.41, 5.74) is 2.17. The zero-order chi connectivity index (χ0) is 10.8. The molecule has 0 N–H and O–H groups in total. The van der Waals surface area contributed by atoms with Crippen LogP contribution in [0.15, 0.2) is 41.7 Å². The van der Waals surface area contributed by atoms with Gasteiger partial charge in [-0.2, -0.15) is 0 Å². The molecule has 3 nitrogen and oxygen atoms in total. The Hall–Kier alpha value is -1.90. The van der Waals surface area contributed by atoms with Crippen molar-refractivity contribution in [2.24, 2.45) is 0 Å². The molecule has 0 aliphatic carbocycles. The Kier molecular flexibility index (Phi) is 2.37. The maximum absolute atomic E-state index is 11.8. The number of fused-ring (bicyclic) bond motifs is 1. The van der Waals surface area contributed by atoms with Crippen LogP contribution in [0, 0.1) is 6.92 Å². The summed E-state index contributed by atoms with van der Waals surface area (Å²) < 4.78 is 1.69. The summed E-state index contributed by atoms with van der Waals surface area (Å²) in [6.45, 7) is 5.90. The minimum absolute atomic E-state index is 0.0476. The second-order valence-corrected chi connectivity index (χ2v) is 3.39. The smallest absolute Gasteiger partial charge is 0.272 e. The van der Waals surface area contributed by atoms with Gasteiger partial charge in [0.15, 0.2) is 0 Å². The van der Waals surface area contributed by atoms with Gasteiger partial charge in [-0.15, -0.1) is 6.58 Å². The van der Waals surface area contributed by atoms with Gasteiger partial charge in [0.05, 0.1) is 11.0 Å². The lowest BCUT2D eigenvalue weighted by Gasteiger charge is -2.07. The Labute approximate surface area is 87.7 Å². The van der Waals surface area contributed by atoms with Gasteiger partial charge in [0.1, 0.15) is 5.69 Å². The number of rotatable bonds is 2. The number of hydrogen-bond donors (Lipinski definition) is 0. The Morgan fingerprint density at radius 1 is 1.47 bits per heavy atom. The largest absolute Gasteiger partial charge is 0.301 e. The maximum Gasteiger partial charge on any atom is 0.272 e. The number of aromatic nitrogens is 2. The minimum Gasteiger partial charge on any atom is -0.301 e. The molecule has 2 rings (SSSR count). The SMILES string of the molecule is C=CCn1c(=O)c(C)nc2ccccc21. The maximum atomic E-state index is 11.8. The molecule has 0 aliphatic heterocycles. The molecule has 0 fully saturated rings. The molecule has 0 unspecified atom stereocenters. The number of para-hydroxylation sites is 2. The van der Waals surface area contributed by atoms with Crippen molar-refractivity contribution in [1.82, 2.24) is 9.55 Å². The van der Waals surface area contributed by atoms with Gasteiger partial charge < -0.3 is 4.57 Å². The van der Waals surface area contributed by atoms with E-state index in [1.165, 1.54) is 0 Å². The van der Waals surface area contributed by atoms with E-state index in [1.54, 1.807) is 17.6 Å². The van der Waals surface area contributed by atoms with Crippen LogP contribution in [0.2, 0.25) is 0 Å². The third kappa shape index (κ3) is 1.56. The Balaban J connectivity index is 2.88. The molecule has 76 valence electrons. The van der Waals surface area contributed by atoms with Gasteiger partial charge in [-0.05, 0) is 19.1 Å². The molecule has 0 spiro atoms. The fourth-order valence-corrected chi connectivity index (χ4v) is 1.63. The highest BCUT2D eigenvalue weighted by molar-refractivity contribution is 5.74. The van der Waals surface area contributed by atoms with Crippen LogP contribution in [0.1, 0.15) is 5.69 Å². The average molecular weight is 200 g/mol. The van der Waals surface area contributed by atoms with Crippen molar-refractivity contribution in [3.05, 3.63) is 53.0 Å². The molecule has 0 saturated heterocycles. The number of allylic oxidation sites excluding steroid dienone is 1. The van der Waals surface area contributed by atoms with Crippen molar-refractivity contribution >= 4 is 11.0 Å². The summed E-state index contributed by atoms with van der Waals surface area (Å²) in [4.78, 5) is 16.1. The summed E-state index contributed by atoms with van der Waals surface area (Å²) in [6.07, 6.45) is 1.72. The first kappa shape index (κ1) is 9.65. The van der Waals surface area contributed by atoms with Crippen LogP contribution in [-0.2, 0) is 6.54 Å². The standard InChI is InChI=1S/C12H12N2O/c1-3-8-14-11-7-5-4-6-10(11)13-9(2)12(14)15/h3-7H,1,8H2,2H3.